The Hall–Kier alpha value is -2.00. The molecule has 0 amide bonds. The number of benzene rings is 1. The fourth-order valence-electron chi connectivity index (χ4n) is 1.49. The van der Waals surface area contributed by atoms with Crippen LogP contribution in [0.15, 0.2) is 35.1 Å². The Morgan fingerprint density at radius 2 is 2.11 bits per heavy atom. The number of rotatable bonds is 3. The fraction of sp³-hybridized carbons (Fsp3) is 0.167. The van der Waals surface area contributed by atoms with Gasteiger partial charge in [-0.1, -0.05) is 28.1 Å². The molecule has 90 valence electrons. The van der Waals surface area contributed by atoms with Crippen molar-refractivity contribution < 1.29 is 4.79 Å². The van der Waals surface area contributed by atoms with Crippen LogP contribution in [-0.2, 0) is 0 Å². The van der Waals surface area contributed by atoms with Gasteiger partial charge in [0.05, 0.1) is 0 Å². The highest BCUT2D eigenvalue weighted by Gasteiger charge is 2.18. The third kappa shape index (κ3) is 2.46. The maximum atomic E-state index is 12.2. The van der Waals surface area contributed by atoms with Crippen LogP contribution in [0.25, 0.3) is 0 Å². The molecule has 0 N–H and O–H groups in total. The molecule has 0 fully saturated rings. The molecule has 0 spiro atoms. The summed E-state index contributed by atoms with van der Waals surface area (Å²) in [6.07, 6.45) is 1.39. The summed E-state index contributed by atoms with van der Waals surface area (Å²) in [6.45, 7) is 1.72. The molecule has 6 heteroatoms. The van der Waals surface area contributed by atoms with Crippen molar-refractivity contribution in [3.05, 3.63) is 46.5 Å². The lowest BCUT2D eigenvalue weighted by molar-refractivity contribution is 0.0928. The fourth-order valence-corrected chi connectivity index (χ4v) is 1.75. The number of aromatic nitrogens is 3. The van der Waals surface area contributed by atoms with Gasteiger partial charge in [-0.25, -0.2) is 9.67 Å². The molecule has 2 aromatic rings. The van der Waals surface area contributed by atoms with E-state index in [-0.39, 0.29) is 11.6 Å². The molecule has 1 heterocycles. The predicted molar refractivity (Wildman–Crippen MR) is 67.9 cm³/mol. The lowest BCUT2D eigenvalue weighted by Crippen LogP contribution is -2.17. The van der Waals surface area contributed by atoms with E-state index >= 15 is 0 Å². The number of carbonyl (C=O) groups is 1. The number of halogens is 1. The number of ketones is 1. The Morgan fingerprint density at radius 3 is 2.67 bits per heavy atom. The zero-order valence-electron chi connectivity index (χ0n) is 9.54. The van der Waals surface area contributed by atoms with Crippen molar-refractivity contribution in [1.82, 2.24) is 14.8 Å². The van der Waals surface area contributed by atoms with Gasteiger partial charge in [-0.15, -0.1) is 5.10 Å². The van der Waals surface area contributed by atoms with Crippen molar-refractivity contribution in [3.63, 3.8) is 0 Å². The molecule has 0 aliphatic heterocycles. The monoisotopic (exact) mass is 304 g/mol. The molecular formula is C12H9BrN4O. The van der Waals surface area contributed by atoms with Gasteiger partial charge >= 0.3 is 0 Å². The summed E-state index contributed by atoms with van der Waals surface area (Å²) < 4.78 is 2.31. The van der Waals surface area contributed by atoms with Crippen LogP contribution in [0.2, 0.25) is 0 Å². The summed E-state index contributed by atoms with van der Waals surface area (Å²) >= 11 is 3.31. The largest absolute Gasteiger partial charge is 0.292 e. The second-order valence-corrected chi connectivity index (χ2v) is 4.62. The Kier molecular flexibility index (Phi) is 3.53. The zero-order chi connectivity index (χ0) is 13.1. The highest BCUT2D eigenvalue weighted by atomic mass is 79.9. The number of Topliss-reactive ketones (excluding diaryl/α,β-unsaturated/α-hetero) is 1. The van der Waals surface area contributed by atoms with Crippen LogP contribution in [0, 0.1) is 11.3 Å². The van der Waals surface area contributed by atoms with Crippen LogP contribution in [0.4, 0.5) is 0 Å². The maximum absolute atomic E-state index is 12.2. The Balaban J connectivity index is 2.23. The Bertz CT molecular complexity index is 612. The minimum atomic E-state index is -0.485. The van der Waals surface area contributed by atoms with Gasteiger partial charge in [0, 0.05) is 10.0 Å². The van der Waals surface area contributed by atoms with Gasteiger partial charge in [0.15, 0.2) is 5.78 Å². The number of nitriles is 1. The molecule has 1 unspecified atom stereocenters. The molecule has 0 radical (unpaired) electrons. The molecule has 1 atom stereocenters. The minimum Gasteiger partial charge on any atom is -0.292 e. The lowest BCUT2D eigenvalue weighted by atomic mass is 10.1. The van der Waals surface area contributed by atoms with E-state index in [4.69, 9.17) is 5.26 Å². The van der Waals surface area contributed by atoms with Crippen molar-refractivity contribution in [2.45, 2.75) is 13.0 Å². The van der Waals surface area contributed by atoms with Gasteiger partial charge < -0.3 is 0 Å². The average Bonchev–Trinajstić information content (AvgIpc) is 2.86. The molecule has 1 aromatic carbocycles. The smallest absolute Gasteiger partial charge is 0.252 e. The van der Waals surface area contributed by atoms with Crippen molar-refractivity contribution in [2.24, 2.45) is 0 Å². The van der Waals surface area contributed by atoms with Gasteiger partial charge in [-0.3, -0.25) is 4.79 Å². The number of hydrogen-bond donors (Lipinski definition) is 0. The minimum absolute atomic E-state index is 0.0606. The molecule has 0 aliphatic carbocycles. The first-order chi connectivity index (χ1) is 8.61. The van der Waals surface area contributed by atoms with Crippen LogP contribution < -0.4 is 0 Å². The van der Waals surface area contributed by atoms with E-state index in [1.807, 2.05) is 18.2 Å². The molecular weight excluding hydrogens is 296 g/mol. The first-order valence-electron chi connectivity index (χ1n) is 5.23. The summed E-state index contributed by atoms with van der Waals surface area (Å²) in [5, 5.41) is 12.5. The molecule has 1 aromatic heterocycles. The SMILES string of the molecule is CC(C(=O)c1ccc(Br)cc1)n1cnc(C#N)n1. The van der Waals surface area contributed by atoms with Crippen molar-refractivity contribution in [3.8, 4) is 6.07 Å². The van der Waals surface area contributed by atoms with E-state index in [1.165, 1.54) is 11.0 Å². The van der Waals surface area contributed by atoms with E-state index in [1.54, 1.807) is 19.1 Å². The third-order valence-electron chi connectivity index (χ3n) is 2.51. The van der Waals surface area contributed by atoms with E-state index in [0.717, 1.165) is 4.47 Å². The van der Waals surface area contributed by atoms with Crippen LogP contribution >= 0.6 is 15.9 Å². The second kappa shape index (κ2) is 5.10. The normalized spacial score (nSPS) is 11.8. The first kappa shape index (κ1) is 12.5. The quantitative estimate of drug-likeness (QED) is 0.816. The standard InChI is InChI=1S/C12H9BrN4O/c1-8(17-7-15-11(6-14)16-17)12(18)9-2-4-10(13)5-3-9/h2-5,7-8H,1H3. The van der Waals surface area contributed by atoms with Gasteiger partial charge in [-0.2, -0.15) is 5.26 Å². The van der Waals surface area contributed by atoms with Crippen LogP contribution in [-0.4, -0.2) is 20.5 Å². The zero-order valence-corrected chi connectivity index (χ0v) is 11.1. The average molecular weight is 305 g/mol. The van der Waals surface area contributed by atoms with Gasteiger partial charge in [0.2, 0.25) is 0 Å². The number of hydrogen-bond acceptors (Lipinski definition) is 4. The highest BCUT2D eigenvalue weighted by Crippen LogP contribution is 2.16. The van der Waals surface area contributed by atoms with Crippen molar-refractivity contribution >= 4 is 21.7 Å². The predicted octanol–water partition coefficient (Wildman–Crippen LogP) is 2.36. The lowest BCUT2D eigenvalue weighted by Gasteiger charge is -2.10. The van der Waals surface area contributed by atoms with E-state index < -0.39 is 6.04 Å². The number of carbonyl (C=O) groups excluding carboxylic acids is 1. The van der Waals surface area contributed by atoms with Crippen LogP contribution in [0.1, 0.15) is 29.1 Å². The second-order valence-electron chi connectivity index (χ2n) is 3.71. The Morgan fingerprint density at radius 1 is 1.44 bits per heavy atom. The molecule has 0 saturated heterocycles. The third-order valence-corrected chi connectivity index (χ3v) is 3.04. The summed E-state index contributed by atoms with van der Waals surface area (Å²) in [4.78, 5) is 15.9. The van der Waals surface area contributed by atoms with Gasteiger partial charge in [0.1, 0.15) is 18.4 Å². The topological polar surface area (TPSA) is 71.6 Å². The van der Waals surface area contributed by atoms with Crippen molar-refractivity contribution in [2.75, 3.05) is 0 Å². The van der Waals surface area contributed by atoms with E-state index in [2.05, 4.69) is 26.0 Å². The van der Waals surface area contributed by atoms with Crippen molar-refractivity contribution in [1.29, 1.82) is 5.26 Å². The Labute approximate surface area is 112 Å². The van der Waals surface area contributed by atoms with E-state index in [9.17, 15) is 4.79 Å². The molecule has 0 bridgehead atoms. The first-order valence-corrected chi connectivity index (χ1v) is 6.02. The van der Waals surface area contributed by atoms with E-state index in [0.29, 0.717) is 5.56 Å². The van der Waals surface area contributed by atoms with Gasteiger partial charge in [0.25, 0.3) is 5.82 Å². The summed E-state index contributed by atoms with van der Waals surface area (Å²) in [5.74, 6) is -0.0117. The van der Waals surface area contributed by atoms with Crippen LogP contribution in [0.3, 0.4) is 0 Å². The van der Waals surface area contributed by atoms with Crippen LogP contribution in [0.5, 0.6) is 0 Å². The maximum Gasteiger partial charge on any atom is 0.252 e. The molecule has 5 nitrogen and oxygen atoms in total. The molecule has 18 heavy (non-hydrogen) atoms. The highest BCUT2D eigenvalue weighted by molar-refractivity contribution is 9.10. The molecule has 0 aliphatic rings. The number of nitrogens with zero attached hydrogens (tertiary/aromatic N) is 4. The summed E-state index contributed by atoms with van der Waals surface area (Å²) in [5.41, 5.74) is 0.597. The molecule has 0 saturated carbocycles. The molecule has 2 rings (SSSR count). The van der Waals surface area contributed by atoms with Gasteiger partial charge in [-0.05, 0) is 19.1 Å². The summed E-state index contributed by atoms with van der Waals surface area (Å²) in [6, 6.07) is 8.44. The summed E-state index contributed by atoms with van der Waals surface area (Å²) in [7, 11) is 0.